The zero-order valence-electron chi connectivity index (χ0n) is 11.5. The van der Waals surface area contributed by atoms with Crippen LogP contribution in [0.4, 0.5) is 10.5 Å². The molecule has 1 N–H and O–H groups in total. The van der Waals surface area contributed by atoms with Gasteiger partial charge in [-0.2, -0.15) is 5.10 Å². The fraction of sp³-hybridized carbons (Fsp3) is 0.692. The number of aromatic nitrogens is 2. The summed E-state index contributed by atoms with van der Waals surface area (Å²) in [4.78, 5) is 14.0. The topological polar surface area (TPSA) is 59.4 Å². The highest BCUT2D eigenvalue weighted by Crippen LogP contribution is 2.12. The van der Waals surface area contributed by atoms with Crippen molar-refractivity contribution in [3.63, 3.8) is 0 Å². The molecule has 106 valence electrons. The fourth-order valence-electron chi connectivity index (χ4n) is 2.21. The third kappa shape index (κ3) is 4.24. The van der Waals surface area contributed by atoms with Crippen LogP contribution in [0.15, 0.2) is 12.4 Å². The number of carbonyl (C=O) groups excluding carboxylic acids is 1. The summed E-state index contributed by atoms with van der Waals surface area (Å²) < 4.78 is 6.75. The minimum absolute atomic E-state index is 0.0202. The van der Waals surface area contributed by atoms with E-state index in [1.165, 1.54) is 12.8 Å². The lowest BCUT2D eigenvalue weighted by Crippen LogP contribution is -2.35. The van der Waals surface area contributed by atoms with Gasteiger partial charge in [0.15, 0.2) is 0 Å². The standard InChI is InChI=1S/C13H22N4O2/c1-19-9-8-17-11-12(10-14-17)15-13(18)16-6-4-2-3-5-7-16/h10-11H,2-9H2,1H3,(H,15,18). The first-order chi connectivity index (χ1) is 9.29. The number of nitrogens with zero attached hydrogens (tertiary/aromatic N) is 3. The number of carbonyl (C=O) groups is 1. The zero-order valence-corrected chi connectivity index (χ0v) is 11.5. The van der Waals surface area contributed by atoms with Crippen LogP contribution in [0.5, 0.6) is 0 Å². The van der Waals surface area contributed by atoms with Gasteiger partial charge in [0.25, 0.3) is 0 Å². The van der Waals surface area contributed by atoms with E-state index in [4.69, 9.17) is 4.74 Å². The number of hydrogen-bond donors (Lipinski definition) is 1. The molecule has 1 aromatic heterocycles. The first-order valence-electron chi connectivity index (χ1n) is 6.87. The van der Waals surface area contributed by atoms with Gasteiger partial charge in [0.1, 0.15) is 0 Å². The first-order valence-corrected chi connectivity index (χ1v) is 6.87. The minimum atomic E-state index is -0.0202. The van der Waals surface area contributed by atoms with Gasteiger partial charge in [-0.3, -0.25) is 4.68 Å². The van der Waals surface area contributed by atoms with E-state index in [1.807, 2.05) is 11.1 Å². The summed E-state index contributed by atoms with van der Waals surface area (Å²) in [6, 6.07) is -0.0202. The van der Waals surface area contributed by atoms with E-state index in [0.717, 1.165) is 31.6 Å². The summed E-state index contributed by atoms with van der Waals surface area (Å²) in [5.41, 5.74) is 0.741. The molecule has 1 fully saturated rings. The predicted molar refractivity (Wildman–Crippen MR) is 73.2 cm³/mol. The van der Waals surface area contributed by atoms with Crippen LogP contribution in [0, 0.1) is 0 Å². The molecule has 0 spiro atoms. The highest BCUT2D eigenvalue weighted by atomic mass is 16.5. The van der Waals surface area contributed by atoms with Crippen molar-refractivity contribution in [3.05, 3.63) is 12.4 Å². The van der Waals surface area contributed by atoms with Crippen molar-refractivity contribution in [2.75, 3.05) is 32.1 Å². The zero-order chi connectivity index (χ0) is 13.5. The van der Waals surface area contributed by atoms with Crippen molar-refractivity contribution in [2.24, 2.45) is 0 Å². The molecule has 0 aliphatic carbocycles. The van der Waals surface area contributed by atoms with Crippen molar-refractivity contribution >= 4 is 11.7 Å². The smallest absolute Gasteiger partial charge is 0.321 e. The Kier molecular flexibility index (Phi) is 5.20. The van der Waals surface area contributed by atoms with Crippen molar-refractivity contribution < 1.29 is 9.53 Å². The summed E-state index contributed by atoms with van der Waals surface area (Å²) in [5, 5.41) is 7.07. The summed E-state index contributed by atoms with van der Waals surface area (Å²) in [6.45, 7) is 3.00. The average Bonchev–Trinajstić information content (AvgIpc) is 2.68. The van der Waals surface area contributed by atoms with Gasteiger partial charge in [0.2, 0.25) is 0 Å². The lowest BCUT2D eigenvalue weighted by molar-refractivity contribution is 0.183. The maximum Gasteiger partial charge on any atom is 0.321 e. The van der Waals surface area contributed by atoms with Crippen LogP contribution in [0.3, 0.4) is 0 Å². The lowest BCUT2D eigenvalue weighted by Gasteiger charge is -2.20. The van der Waals surface area contributed by atoms with Gasteiger partial charge in [-0.25, -0.2) is 4.79 Å². The van der Waals surface area contributed by atoms with Crippen molar-refractivity contribution in [1.82, 2.24) is 14.7 Å². The van der Waals surface area contributed by atoms with Crippen LogP contribution in [0.1, 0.15) is 25.7 Å². The molecule has 1 aliphatic heterocycles. The van der Waals surface area contributed by atoms with E-state index in [1.54, 1.807) is 18.0 Å². The highest BCUT2D eigenvalue weighted by molar-refractivity contribution is 5.89. The summed E-state index contributed by atoms with van der Waals surface area (Å²) in [5.74, 6) is 0. The van der Waals surface area contributed by atoms with E-state index < -0.39 is 0 Å². The SMILES string of the molecule is COCCn1cc(NC(=O)N2CCCCCC2)cn1. The number of ether oxygens (including phenoxy) is 1. The summed E-state index contributed by atoms with van der Waals surface area (Å²) in [7, 11) is 1.66. The van der Waals surface area contributed by atoms with Gasteiger partial charge in [0.05, 0.1) is 25.0 Å². The summed E-state index contributed by atoms with van der Waals surface area (Å²) >= 11 is 0. The van der Waals surface area contributed by atoms with Crippen molar-refractivity contribution in [1.29, 1.82) is 0 Å². The van der Waals surface area contributed by atoms with E-state index in [-0.39, 0.29) is 6.03 Å². The number of amides is 2. The first kappa shape index (κ1) is 13.9. The maximum absolute atomic E-state index is 12.1. The molecular weight excluding hydrogens is 244 g/mol. The quantitative estimate of drug-likeness (QED) is 0.906. The number of hydrogen-bond acceptors (Lipinski definition) is 3. The number of urea groups is 1. The van der Waals surface area contributed by atoms with Crippen LogP contribution in [0.2, 0.25) is 0 Å². The Morgan fingerprint density at radius 1 is 1.37 bits per heavy atom. The lowest BCUT2D eigenvalue weighted by atomic mass is 10.2. The van der Waals surface area contributed by atoms with Crippen LogP contribution in [-0.4, -0.2) is 47.5 Å². The Bertz CT molecular complexity index is 397. The second kappa shape index (κ2) is 7.13. The van der Waals surface area contributed by atoms with Gasteiger partial charge < -0.3 is 15.0 Å². The molecule has 6 nitrogen and oxygen atoms in total. The molecule has 19 heavy (non-hydrogen) atoms. The van der Waals surface area contributed by atoms with E-state index >= 15 is 0 Å². The Morgan fingerprint density at radius 2 is 2.11 bits per heavy atom. The summed E-state index contributed by atoms with van der Waals surface area (Å²) in [6.07, 6.45) is 8.14. The molecule has 0 atom stereocenters. The predicted octanol–water partition coefficient (Wildman–Crippen LogP) is 1.94. The van der Waals surface area contributed by atoms with Gasteiger partial charge >= 0.3 is 6.03 Å². The van der Waals surface area contributed by atoms with Gasteiger partial charge in [-0.1, -0.05) is 12.8 Å². The third-order valence-electron chi connectivity index (χ3n) is 3.30. The van der Waals surface area contributed by atoms with Crippen molar-refractivity contribution in [2.45, 2.75) is 32.2 Å². The van der Waals surface area contributed by atoms with E-state index in [2.05, 4.69) is 10.4 Å². The van der Waals surface area contributed by atoms with Crippen LogP contribution >= 0.6 is 0 Å². The molecule has 1 aliphatic rings. The average molecular weight is 266 g/mol. The number of nitrogens with one attached hydrogen (secondary N) is 1. The van der Waals surface area contributed by atoms with Crippen LogP contribution in [0.25, 0.3) is 0 Å². The normalized spacial score (nSPS) is 16.2. The van der Waals surface area contributed by atoms with Gasteiger partial charge in [-0.05, 0) is 12.8 Å². The van der Waals surface area contributed by atoms with Crippen LogP contribution < -0.4 is 5.32 Å². The molecule has 1 aromatic rings. The molecule has 0 saturated carbocycles. The molecule has 0 unspecified atom stereocenters. The molecule has 0 radical (unpaired) electrons. The molecule has 2 amide bonds. The third-order valence-corrected chi connectivity index (χ3v) is 3.30. The number of methoxy groups -OCH3 is 1. The van der Waals surface area contributed by atoms with Gasteiger partial charge in [0, 0.05) is 26.4 Å². The molecule has 0 bridgehead atoms. The number of likely N-dealkylation sites (tertiary alicyclic amines) is 1. The largest absolute Gasteiger partial charge is 0.383 e. The number of rotatable bonds is 4. The Morgan fingerprint density at radius 3 is 2.79 bits per heavy atom. The van der Waals surface area contributed by atoms with Crippen molar-refractivity contribution in [3.8, 4) is 0 Å². The minimum Gasteiger partial charge on any atom is -0.383 e. The van der Waals surface area contributed by atoms with Gasteiger partial charge in [-0.15, -0.1) is 0 Å². The monoisotopic (exact) mass is 266 g/mol. The second-order valence-corrected chi connectivity index (χ2v) is 4.82. The fourth-order valence-corrected chi connectivity index (χ4v) is 2.21. The Hall–Kier alpha value is -1.56. The van der Waals surface area contributed by atoms with Crippen LogP contribution in [-0.2, 0) is 11.3 Å². The molecule has 0 aromatic carbocycles. The highest BCUT2D eigenvalue weighted by Gasteiger charge is 2.15. The molecule has 1 saturated heterocycles. The molecule has 2 rings (SSSR count). The maximum atomic E-state index is 12.1. The van der Waals surface area contributed by atoms with E-state index in [9.17, 15) is 4.79 Å². The van der Waals surface area contributed by atoms with E-state index in [0.29, 0.717) is 13.2 Å². The molecular formula is C13H22N4O2. The number of anilines is 1. The Labute approximate surface area is 113 Å². The molecule has 2 heterocycles. The second-order valence-electron chi connectivity index (χ2n) is 4.82. The molecule has 6 heteroatoms. The Balaban J connectivity index is 1.85.